The quantitative estimate of drug-likeness (QED) is 0.659. The number of rotatable bonds is 4. The second-order valence-corrected chi connectivity index (χ2v) is 5.71. The van der Waals surface area contributed by atoms with E-state index in [0.717, 1.165) is 31.7 Å². The third-order valence-corrected chi connectivity index (χ3v) is 4.30. The number of ether oxygens (including phenoxy) is 1. The maximum Gasteiger partial charge on any atom is 0.313 e. The minimum Gasteiger partial charge on any atom is -0.490 e. The number of nitrogens with zero attached hydrogens (tertiary/aromatic N) is 1. The number of methoxy groups -OCH3 is 1. The zero-order chi connectivity index (χ0) is 15.0. The molecule has 0 spiro atoms. The first-order chi connectivity index (χ1) is 10.1. The molecule has 2 aliphatic rings. The van der Waals surface area contributed by atoms with Gasteiger partial charge in [-0.2, -0.15) is 0 Å². The van der Waals surface area contributed by atoms with E-state index in [9.17, 15) is 14.5 Å². The summed E-state index contributed by atoms with van der Waals surface area (Å²) in [5.41, 5.74) is -0.0883. The van der Waals surface area contributed by atoms with E-state index in [-0.39, 0.29) is 23.2 Å². The molecule has 1 aromatic rings. The number of piperidine rings is 1. The van der Waals surface area contributed by atoms with Gasteiger partial charge >= 0.3 is 5.69 Å². The molecule has 2 heterocycles. The van der Waals surface area contributed by atoms with Crippen LogP contribution in [0.25, 0.3) is 0 Å². The summed E-state index contributed by atoms with van der Waals surface area (Å²) in [6.45, 7) is 0. The van der Waals surface area contributed by atoms with Crippen molar-refractivity contribution in [2.24, 2.45) is 0 Å². The van der Waals surface area contributed by atoms with E-state index in [1.54, 1.807) is 0 Å². The largest absolute Gasteiger partial charge is 0.490 e. The van der Waals surface area contributed by atoms with E-state index in [2.05, 4.69) is 10.6 Å². The lowest BCUT2D eigenvalue weighted by Gasteiger charge is -2.30. The highest BCUT2D eigenvalue weighted by Crippen LogP contribution is 2.34. The average Bonchev–Trinajstić information content (AvgIpc) is 2.79. The summed E-state index contributed by atoms with van der Waals surface area (Å²) in [4.78, 5) is 10.2. The Morgan fingerprint density at radius 1 is 1.38 bits per heavy atom. The lowest BCUT2D eigenvalue weighted by molar-refractivity contribution is -0.385. The van der Waals surface area contributed by atoms with Gasteiger partial charge in [-0.05, 0) is 25.7 Å². The highest BCUT2D eigenvalue weighted by Gasteiger charge is 2.33. The molecule has 114 valence electrons. The molecule has 2 aliphatic heterocycles. The van der Waals surface area contributed by atoms with Crippen molar-refractivity contribution in [2.75, 3.05) is 12.4 Å². The first-order valence-electron chi connectivity index (χ1n) is 7.11. The van der Waals surface area contributed by atoms with E-state index in [1.807, 2.05) is 0 Å². The van der Waals surface area contributed by atoms with Crippen LogP contribution in [0.1, 0.15) is 25.7 Å². The van der Waals surface area contributed by atoms with Gasteiger partial charge in [-0.15, -0.1) is 0 Å². The first-order valence-corrected chi connectivity index (χ1v) is 7.11. The van der Waals surface area contributed by atoms with Crippen LogP contribution in [0.4, 0.5) is 15.8 Å². The molecular formula is C14H18FN3O3. The molecule has 21 heavy (non-hydrogen) atoms. The normalized spacial score (nSPS) is 27.4. The highest BCUT2D eigenvalue weighted by molar-refractivity contribution is 5.59. The van der Waals surface area contributed by atoms with Gasteiger partial charge in [-0.3, -0.25) is 10.1 Å². The van der Waals surface area contributed by atoms with E-state index in [0.29, 0.717) is 12.1 Å². The number of hydrogen-bond donors (Lipinski definition) is 2. The number of anilines is 1. The zero-order valence-corrected chi connectivity index (χ0v) is 11.8. The second kappa shape index (κ2) is 5.48. The maximum atomic E-state index is 14.1. The Morgan fingerprint density at radius 3 is 2.62 bits per heavy atom. The highest BCUT2D eigenvalue weighted by atomic mass is 19.1. The van der Waals surface area contributed by atoms with Gasteiger partial charge in [0.05, 0.1) is 23.8 Å². The topological polar surface area (TPSA) is 76.4 Å². The molecule has 3 rings (SSSR count). The summed E-state index contributed by atoms with van der Waals surface area (Å²) >= 11 is 0. The Bertz CT molecular complexity index is 555. The summed E-state index contributed by atoms with van der Waals surface area (Å²) in [7, 11) is 1.34. The van der Waals surface area contributed by atoms with Crippen molar-refractivity contribution in [2.45, 2.75) is 43.8 Å². The summed E-state index contributed by atoms with van der Waals surface area (Å²) in [5, 5.41) is 17.6. The van der Waals surface area contributed by atoms with Crippen LogP contribution in [0.3, 0.4) is 0 Å². The SMILES string of the molecule is COc1cc(NC2CC3CCC(C2)N3)c(F)cc1[N+](=O)[O-]. The molecule has 0 aromatic heterocycles. The fourth-order valence-electron chi connectivity index (χ4n) is 3.35. The van der Waals surface area contributed by atoms with Crippen LogP contribution in [0.5, 0.6) is 5.75 Å². The fourth-order valence-corrected chi connectivity index (χ4v) is 3.35. The van der Waals surface area contributed by atoms with Crippen molar-refractivity contribution in [1.29, 1.82) is 0 Å². The first kappa shape index (κ1) is 14.1. The van der Waals surface area contributed by atoms with Crippen molar-refractivity contribution in [1.82, 2.24) is 5.32 Å². The summed E-state index contributed by atoms with van der Waals surface area (Å²) in [6.07, 6.45) is 4.20. The molecule has 0 saturated carbocycles. The number of nitrogens with one attached hydrogen (secondary N) is 2. The zero-order valence-electron chi connectivity index (χ0n) is 11.8. The maximum absolute atomic E-state index is 14.1. The Labute approximate surface area is 121 Å². The average molecular weight is 295 g/mol. The van der Waals surface area contributed by atoms with E-state index >= 15 is 0 Å². The number of benzene rings is 1. The van der Waals surface area contributed by atoms with Gasteiger partial charge in [-0.1, -0.05) is 0 Å². The minimum atomic E-state index is -0.642. The Kier molecular flexibility index (Phi) is 3.67. The molecule has 2 N–H and O–H groups in total. The third-order valence-electron chi connectivity index (χ3n) is 4.30. The van der Waals surface area contributed by atoms with Crippen molar-refractivity contribution in [3.8, 4) is 5.75 Å². The van der Waals surface area contributed by atoms with E-state index in [1.165, 1.54) is 13.2 Å². The van der Waals surface area contributed by atoms with Gasteiger partial charge in [0.2, 0.25) is 0 Å². The van der Waals surface area contributed by atoms with Gasteiger partial charge in [0.1, 0.15) is 0 Å². The molecular weight excluding hydrogens is 277 g/mol. The molecule has 0 radical (unpaired) electrons. The van der Waals surface area contributed by atoms with Gasteiger partial charge in [-0.25, -0.2) is 4.39 Å². The van der Waals surface area contributed by atoms with Crippen molar-refractivity contribution >= 4 is 11.4 Å². The van der Waals surface area contributed by atoms with E-state index < -0.39 is 10.7 Å². The predicted molar refractivity (Wildman–Crippen MR) is 76.2 cm³/mol. The van der Waals surface area contributed by atoms with Gasteiger partial charge in [0.25, 0.3) is 0 Å². The molecule has 2 saturated heterocycles. The molecule has 6 nitrogen and oxygen atoms in total. The lowest BCUT2D eigenvalue weighted by atomic mass is 9.99. The molecule has 2 atom stereocenters. The number of hydrogen-bond acceptors (Lipinski definition) is 5. The van der Waals surface area contributed by atoms with Gasteiger partial charge < -0.3 is 15.4 Å². The smallest absolute Gasteiger partial charge is 0.313 e. The number of fused-ring (bicyclic) bond motifs is 2. The summed E-state index contributed by atoms with van der Waals surface area (Å²) in [5.74, 6) is -0.547. The van der Waals surface area contributed by atoms with Crippen LogP contribution in [-0.4, -0.2) is 30.2 Å². The third kappa shape index (κ3) is 2.78. The van der Waals surface area contributed by atoms with E-state index in [4.69, 9.17) is 4.74 Å². The molecule has 2 bridgehead atoms. The van der Waals surface area contributed by atoms with Crippen molar-refractivity contribution in [3.63, 3.8) is 0 Å². The molecule has 0 amide bonds. The minimum absolute atomic E-state index is 0.0702. The van der Waals surface area contributed by atoms with Crippen molar-refractivity contribution < 1.29 is 14.1 Å². The monoisotopic (exact) mass is 295 g/mol. The lowest BCUT2D eigenvalue weighted by Crippen LogP contribution is -2.43. The Morgan fingerprint density at radius 2 is 2.05 bits per heavy atom. The number of nitro groups is 1. The predicted octanol–water partition coefficient (Wildman–Crippen LogP) is 2.44. The van der Waals surface area contributed by atoms with Crippen LogP contribution in [-0.2, 0) is 0 Å². The molecule has 1 aromatic carbocycles. The molecule has 7 heteroatoms. The van der Waals surface area contributed by atoms with Gasteiger partial charge in [0.15, 0.2) is 11.6 Å². The van der Waals surface area contributed by atoms with Crippen LogP contribution < -0.4 is 15.4 Å². The molecule has 2 fully saturated rings. The number of nitro benzene ring substituents is 1. The standard InChI is InChI=1S/C14H18FN3O3/c1-21-14-7-12(11(15)6-13(14)18(19)20)17-10-4-8-2-3-9(5-10)16-8/h6-10,16-17H,2-5H2,1H3. The van der Waals surface area contributed by atoms with Gasteiger partial charge in [0, 0.05) is 24.2 Å². The molecule has 2 unspecified atom stereocenters. The fraction of sp³-hybridized carbons (Fsp3) is 0.571. The Balaban J connectivity index is 1.80. The summed E-state index contributed by atoms with van der Waals surface area (Å²) < 4.78 is 19.0. The van der Waals surface area contributed by atoms with Crippen molar-refractivity contribution in [3.05, 3.63) is 28.1 Å². The summed E-state index contributed by atoms with van der Waals surface area (Å²) in [6, 6.07) is 3.45. The van der Waals surface area contributed by atoms with Crippen LogP contribution in [0.15, 0.2) is 12.1 Å². The molecule has 0 aliphatic carbocycles. The van der Waals surface area contributed by atoms with Crippen LogP contribution in [0, 0.1) is 15.9 Å². The second-order valence-electron chi connectivity index (χ2n) is 5.71. The number of halogens is 1. The van der Waals surface area contributed by atoms with Crippen LogP contribution in [0.2, 0.25) is 0 Å². The Hall–Kier alpha value is -1.89. The van der Waals surface area contributed by atoms with Crippen LogP contribution >= 0.6 is 0 Å².